The van der Waals surface area contributed by atoms with Crippen LogP contribution in [-0.2, 0) is 26.8 Å². The number of imidazole rings is 1. The van der Waals surface area contributed by atoms with E-state index < -0.39 is 37.6 Å². The second-order valence-electron chi connectivity index (χ2n) is 7.39. The molecule has 4 aromatic rings. The lowest BCUT2D eigenvalue weighted by atomic mass is 10.3. The summed E-state index contributed by atoms with van der Waals surface area (Å²) in [6.07, 6.45) is -1.01. The highest BCUT2D eigenvalue weighted by molar-refractivity contribution is 7.92. The first-order valence-electron chi connectivity index (χ1n) is 9.68. The van der Waals surface area contributed by atoms with Gasteiger partial charge in [-0.3, -0.25) is 8.61 Å². The summed E-state index contributed by atoms with van der Waals surface area (Å²) in [7, 11) is -4.99. The molecule has 0 saturated heterocycles. The van der Waals surface area contributed by atoms with Gasteiger partial charge in [-0.15, -0.1) is 5.10 Å². The lowest BCUT2D eigenvalue weighted by Gasteiger charge is -2.05. The molecule has 1 atom stereocenters. The van der Waals surface area contributed by atoms with Crippen molar-refractivity contribution in [1.82, 2.24) is 24.0 Å². The van der Waals surface area contributed by atoms with Crippen molar-refractivity contribution in [1.29, 1.82) is 0 Å². The molecular formula is C19H16F3N5O3S2. The molecule has 4 aromatic heterocycles. The van der Waals surface area contributed by atoms with Gasteiger partial charge in [-0.1, -0.05) is 6.92 Å². The number of halogens is 3. The highest BCUT2D eigenvalue weighted by atomic mass is 32.2. The number of hydrogen-bond acceptors (Lipinski definition) is 6. The number of pyridine rings is 2. The van der Waals surface area contributed by atoms with Crippen LogP contribution in [0.1, 0.15) is 25.3 Å². The molecule has 0 aliphatic heterocycles. The number of nitrogens with zero attached hydrogens (tertiary/aromatic N) is 5. The van der Waals surface area contributed by atoms with Crippen LogP contribution < -0.4 is 0 Å². The Balaban J connectivity index is 1.69. The molecule has 168 valence electrons. The maximum Gasteiger partial charge on any atom is 0.417 e. The Hall–Kier alpha value is -2.80. The van der Waals surface area contributed by atoms with Gasteiger partial charge in [0.25, 0.3) is 0 Å². The summed E-state index contributed by atoms with van der Waals surface area (Å²) in [6, 6.07) is 4.93. The number of aromatic nitrogens is 5. The van der Waals surface area contributed by atoms with Gasteiger partial charge >= 0.3 is 6.18 Å². The van der Waals surface area contributed by atoms with Crippen LogP contribution in [0.4, 0.5) is 13.2 Å². The molecule has 0 radical (unpaired) electrons. The van der Waals surface area contributed by atoms with Crippen LogP contribution in [0.5, 0.6) is 0 Å². The van der Waals surface area contributed by atoms with Gasteiger partial charge in [0.05, 0.1) is 26.5 Å². The Morgan fingerprint density at radius 3 is 2.56 bits per heavy atom. The summed E-state index contributed by atoms with van der Waals surface area (Å²) < 4.78 is 79.6. The van der Waals surface area contributed by atoms with Crippen LogP contribution in [0.25, 0.3) is 22.8 Å². The van der Waals surface area contributed by atoms with Crippen LogP contribution in [0, 0.1) is 0 Å². The summed E-state index contributed by atoms with van der Waals surface area (Å²) in [4.78, 5) is 8.78. The zero-order valence-corrected chi connectivity index (χ0v) is 18.2. The van der Waals surface area contributed by atoms with Crippen molar-refractivity contribution in [3.05, 3.63) is 42.2 Å². The zero-order chi connectivity index (χ0) is 22.8. The monoisotopic (exact) mass is 483 g/mol. The molecule has 1 unspecified atom stereocenters. The fourth-order valence-electron chi connectivity index (χ4n) is 3.40. The molecule has 5 rings (SSSR count). The minimum atomic E-state index is -4.54. The second-order valence-corrected chi connectivity index (χ2v) is 11.3. The summed E-state index contributed by atoms with van der Waals surface area (Å²) in [5.41, 5.74) is -0.351. The molecule has 1 fully saturated rings. The lowest BCUT2D eigenvalue weighted by molar-refractivity contribution is -0.137. The van der Waals surface area contributed by atoms with Crippen molar-refractivity contribution in [3.63, 3.8) is 0 Å². The van der Waals surface area contributed by atoms with E-state index in [0.717, 1.165) is 16.8 Å². The van der Waals surface area contributed by atoms with Gasteiger partial charge in [-0.25, -0.2) is 22.9 Å². The largest absolute Gasteiger partial charge is 0.417 e. The molecule has 1 aliphatic rings. The molecule has 32 heavy (non-hydrogen) atoms. The highest BCUT2D eigenvalue weighted by Crippen LogP contribution is 2.35. The van der Waals surface area contributed by atoms with Crippen molar-refractivity contribution in [2.24, 2.45) is 0 Å². The first kappa shape index (κ1) is 21.1. The van der Waals surface area contributed by atoms with E-state index in [1.807, 2.05) is 0 Å². The van der Waals surface area contributed by atoms with Gasteiger partial charge in [0.15, 0.2) is 15.5 Å². The van der Waals surface area contributed by atoms with Gasteiger partial charge < -0.3 is 0 Å². The van der Waals surface area contributed by atoms with E-state index in [2.05, 4.69) is 15.1 Å². The lowest BCUT2D eigenvalue weighted by Crippen LogP contribution is -2.08. The molecule has 4 heterocycles. The first-order valence-corrected chi connectivity index (χ1v) is 12.5. The van der Waals surface area contributed by atoms with Crippen LogP contribution in [0.2, 0.25) is 0 Å². The average molecular weight is 483 g/mol. The Morgan fingerprint density at radius 2 is 1.91 bits per heavy atom. The van der Waals surface area contributed by atoms with Crippen LogP contribution in [-0.4, -0.2) is 47.6 Å². The molecule has 0 aromatic carbocycles. The number of alkyl halides is 3. The standard InChI is InChI=1S/C19H16F3N5O3S2/c1-2-31(28)18-16(17-24-14-6-3-11(19(20,21)22)10-27(14)25-17)23-15-9-13(7-8-26(15)18)32(29,30)12-4-5-12/h3,6-10,12H,2,4-5H2,1H3. The van der Waals surface area contributed by atoms with Crippen molar-refractivity contribution in [2.75, 3.05) is 5.75 Å². The molecule has 0 bridgehead atoms. The smallest absolute Gasteiger partial charge is 0.292 e. The van der Waals surface area contributed by atoms with E-state index in [4.69, 9.17) is 0 Å². The summed E-state index contributed by atoms with van der Waals surface area (Å²) in [6.45, 7) is 1.71. The topological polar surface area (TPSA) is 98.7 Å². The maximum atomic E-state index is 13.0. The Bertz CT molecular complexity index is 1500. The summed E-state index contributed by atoms with van der Waals surface area (Å²) in [5, 5.41) is 3.97. The van der Waals surface area contributed by atoms with E-state index >= 15 is 0 Å². The minimum absolute atomic E-state index is 0.00331. The number of sulfone groups is 1. The van der Waals surface area contributed by atoms with Crippen molar-refractivity contribution >= 4 is 31.9 Å². The van der Waals surface area contributed by atoms with E-state index in [-0.39, 0.29) is 38.5 Å². The second kappa shape index (κ2) is 7.10. The van der Waals surface area contributed by atoms with Gasteiger partial charge in [0, 0.05) is 24.2 Å². The third kappa shape index (κ3) is 3.39. The molecule has 1 saturated carbocycles. The fourth-order valence-corrected chi connectivity index (χ4v) is 6.06. The number of rotatable bonds is 5. The predicted octanol–water partition coefficient (Wildman–Crippen LogP) is 3.13. The summed E-state index contributed by atoms with van der Waals surface area (Å²) >= 11 is 0. The molecule has 1 aliphatic carbocycles. The Morgan fingerprint density at radius 1 is 1.16 bits per heavy atom. The van der Waals surface area contributed by atoms with E-state index in [1.165, 1.54) is 28.8 Å². The molecular weight excluding hydrogens is 467 g/mol. The van der Waals surface area contributed by atoms with E-state index in [0.29, 0.717) is 12.8 Å². The van der Waals surface area contributed by atoms with Crippen molar-refractivity contribution < 1.29 is 25.8 Å². The molecule has 0 amide bonds. The van der Waals surface area contributed by atoms with E-state index in [1.54, 1.807) is 6.92 Å². The molecule has 0 N–H and O–H groups in total. The van der Waals surface area contributed by atoms with Gasteiger partial charge in [0.2, 0.25) is 5.82 Å². The maximum absolute atomic E-state index is 13.0. The van der Waals surface area contributed by atoms with Crippen LogP contribution >= 0.6 is 0 Å². The van der Waals surface area contributed by atoms with Crippen LogP contribution in [0.3, 0.4) is 0 Å². The summed E-state index contributed by atoms with van der Waals surface area (Å²) in [5.74, 6) is 0.241. The third-order valence-electron chi connectivity index (χ3n) is 5.19. The quantitative estimate of drug-likeness (QED) is 0.433. The average Bonchev–Trinajstić information content (AvgIpc) is 3.42. The molecule has 13 heteroatoms. The molecule has 0 spiro atoms. The van der Waals surface area contributed by atoms with Crippen molar-refractivity contribution in [3.8, 4) is 11.5 Å². The van der Waals surface area contributed by atoms with Gasteiger partial charge in [-0.05, 0) is 31.0 Å². The van der Waals surface area contributed by atoms with Gasteiger partial charge in [0.1, 0.15) is 16.4 Å². The van der Waals surface area contributed by atoms with E-state index in [9.17, 15) is 25.8 Å². The number of fused-ring (bicyclic) bond motifs is 2. The van der Waals surface area contributed by atoms with Gasteiger partial charge in [-0.2, -0.15) is 13.2 Å². The number of hydrogen-bond donors (Lipinski definition) is 0. The first-order chi connectivity index (χ1) is 15.1. The minimum Gasteiger partial charge on any atom is -0.292 e. The highest BCUT2D eigenvalue weighted by Gasteiger charge is 2.37. The normalized spacial score (nSPS) is 16.1. The SMILES string of the molecule is CCS(=O)c1c(-c2nc3ccc(C(F)(F)F)cn3n2)nc2cc(S(=O)(=O)C3CC3)ccn12. The molecule has 8 nitrogen and oxygen atoms in total. The van der Waals surface area contributed by atoms with Crippen molar-refractivity contribution in [2.45, 2.75) is 41.1 Å². The third-order valence-corrected chi connectivity index (χ3v) is 8.80. The Labute approximate surface area is 182 Å². The van der Waals surface area contributed by atoms with Crippen LogP contribution in [0.15, 0.2) is 46.6 Å². The predicted molar refractivity (Wildman–Crippen MR) is 109 cm³/mol. The zero-order valence-electron chi connectivity index (χ0n) is 16.6. The fraction of sp³-hybridized carbons (Fsp3) is 0.316. The Kier molecular flexibility index (Phi) is 4.68.